The van der Waals surface area contributed by atoms with Gasteiger partial charge in [0.15, 0.2) is 0 Å². The van der Waals surface area contributed by atoms with E-state index in [0.717, 1.165) is 19.4 Å². The summed E-state index contributed by atoms with van der Waals surface area (Å²) in [6.45, 7) is 0.916. The quantitative estimate of drug-likeness (QED) is 0.601. The molecule has 0 atom stereocenters. The number of halogens is 1. The first-order chi connectivity index (χ1) is 4.81. The van der Waals surface area contributed by atoms with Gasteiger partial charge >= 0.3 is 0 Å². The number of hydrogen-bond donors (Lipinski definition) is 1. The molecule has 11 heavy (non-hydrogen) atoms. The Morgan fingerprint density at radius 2 is 2.09 bits per heavy atom. The van der Waals surface area contributed by atoms with Crippen LogP contribution >= 0.6 is 12.4 Å². The largest absolute Gasteiger partial charge is 0.310 e. The van der Waals surface area contributed by atoms with Crippen LogP contribution in [0.1, 0.15) is 32.1 Å². The van der Waals surface area contributed by atoms with Gasteiger partial charge in [0.1, 0.15) is 5.78 Å². The van der Waals surface area contributed by atoms with Crippen molar-refractivity contribution in [1.29, 1.82) is 0 Å². The van der Waals surface area contributed by atoms with Crippen LogP contribution in [0.5, 0.6) is 0 Å². The molecule has 0 amide bonds. The first-order valence-electron chi connectivity index (χ1n) is 4.08. The zero-order valence-corrected chi connectivity index (χ0v) is 7.38. The van der Waals surface area contributed by atoms with Crippen molar-refractivity contribution in [3.63, 3.8) is 0 Å². The van der Waals surface area contributed by atoms with Crippen molar-refractivity contribution in [1.82, 2.24) is 5.32 Å². The van der Waals surface area contributed by atoms with E-state index in [2.05, 4.69) is 5.32 Å². The van der Waals surface area contributed by atoms with Gasteiger partial charge in [0.2, 0.25) is 0 Å². The predicted molar refractivity (Wildman–Crippen MR) is 46.1 cm³/mol. The Morgan fingerprint density at radius 1 is 1.36 bits per heavy atom. The molecule has 0 unspecified atom stereocenters. The molecule has 1 saturated carbocycles. The van der Waals surface area contributed by atoms with E-state index in [9.17, 15) is 4.79 Å². The molecule has 0 aromatic carbocycles. The maximum Gasteiger partial charge on any atom is 0.136 e. The highest BCUT2D eigenvalue weighted by atomic mass is 35.5. The Labute approximate surface area is 73.1 Å². The van der Waals surface area contributed by atoms with E-state index in [-0.39, 0.29) is 17.9 Å². The lowest BCUT2D eigenvalue weighted by Crippen LogP contribution is -2.55. The van der Waals surface area contributed by atoms with Crippen molar-refractivity contribution < 1.29 is 4.79 Å². The van der Waals surface area contributed by atoms with E-state index < -0.39 is 0 Å². The molecule has 64 valence electrons. The van der Waals surface area contributed by atoms with E-state index in [1.54, 1.807) is 0 Å². The smallest absolute Gasteiger partial charge is 0.136 e. The maximum absolute atomic E-state index is 11.0. The molecule has 0 radical (unpaired) electrons. The van der Waals surface area contributed by atoms with Crippen LogP contribution in [0, 0.1) is 0 Å². The molecular weight excluding hydrogens is 162 g/mol. The second-order valence-electron chi connectivity index (χ2n) is 3.53. The highest BCUT2D eigenvalue weighted by Gasteiger charge is 2.40. The number of carbonyl (C=O) groups excluding carboxylic acids is 1. The van der Waals surface area contributed by atoms with Gasteiger partial charge in [-0.2, -0.15) is 0 Å². The van der Waals surface area contributed by atoms with Gasteiger partial charge in [-0.15, -0.1) is 12.4 Å². The SMILES string of the molecule is Cl.O=C1CCNC2(CCC2)C1. The summed E-state index contributed by atoms with van der Waals surface area (Å²) >= 11 is 0. The van der Waals surface area contributed by atoms with Crippen molar-refractivity contribution in [2.45, 2.75) is 37.6 Å². The highest BCUT2D eigenvalue weighted by Crippen LogP contribution is 2.36. The average molecular weight is 176 g/mol. The summed E-state index contributed by atoms with van der Waals surface area (Å²) in [5.41, 5.74) is 0.273. The molecule has 0 aromatic heterocycles. The van der Waals surface area contributed by atoms with Crippen molar-refractivity contribution in [2.24, 2.45) is 0 Å². The van der Waals surface area contributed by atoms with Gasteiger partial charge in [-0.3, -0.25) is 4.79 Å². The molecule has 1 N–H and O–H groups in total. The fourth-order valence-corrected chi connectivity index (χ4v) is 1.95. The molecule has 3 heteroatoms. The first-order valence-corrected chi connectivity index (χ1v) is 4.08. The Bertz CT molecular complexity index is 165. The molecule has 2 aliphatic rings. The lowest BCUT2D eigenvalue weighted by Gasteiger charge is -2.45. The second kappa shape index (κ2) is 3.11. The molecule has 0 aromatic rings. The van der Waals surface area contributed by atoms with Crippen LogP contribution in [0.25, 0.3) is 0 Å². The maximum atomic E-state index is 11.0. The van der Waals surface area contributed by atoms with Crippen LogP contribution in [-0.2, 0) is 4.79 Å². The van der Waals surface area contributed by atoms with E-state index in [1.807, 2.05) is 0 Å². The predicted octanol–water partition coefficient (Wildman–Crippen LogP) is 1.28. The number of Topliss-reactive ketones (excluding diaryl/α,β-unsaturated/α-hetero) is 1. The molecule has 1 aliphatic carbocycles. The Kier molecular flexibility index (Phi) is 2.55. The van der Waals surface area contributed by atoms with E-state index in [4.69, 9.17) is 0 Å². The number of hydrogen-bond acceptors (Lipinski definition) is 2. The van der Waals surface area contributed by atoms with Crippen LogP contribution in [0.15, 0.2) is 0 Å². The third-order valence-corrected chi connectivity index (χ3v) is 2.75. The summed E-state index contributed by atoms with van der Waals surface area (Å²) in [5, 5.41) is 3.44. The monoisotopic (exact) mass is 175 g/mol. The highest BCUT2D eigenvalue weighted by molar-refractivity contribution is 5.85. The zero-order chi connectivity index (χ0) is 7.03. The number of carbonyl (C=O) groups is 1. The second-order valence-corrected chi connectivity index (χ2v) is 3.53. The first kappa shape index (κ1) is 9.01. The molecule has 2 nitrogen and oxygen atoms in total. The van der Waals surface area contributed by atoms with Crippen LogP contribution in [0.4, 0.5) is 0 Å². The summed E-state index contributed by atoms with van der Waals surface area (Å²) in [6.07, 6.45) is 5.30. The minimum Gasteiger partial charge on any atom is -0.310 e. The summed E-state index contributed by atoms with van der Waals surface area (Å²) < 4.78 is 0. The van der Waals surface area contributed by atoms with Gasteiger partial charge in [0.25, 0.3) is 0 Å². The van der Waals surface area contributed by atoms with Gasteiger partial charge < -0.3 is 5.32 Å². The molecular formula is C8H14ClNO. The Hall–Kier alpha value is -0.0800. The third-order valence-electron chi connectivity index (χ3n) is 2.75. The van der Waals surface area contributed by atoms with Gasteiger partial charge in [0.05, 0.1) is 0 Å². The summed E-state index contributed by atoms with van der Waals surface area (Å²) in [4.78, 5) is 11.0. The Balaban J connectivity index is 0.000000605. The van der Waals surface area contributed by atoms with Crippen LogP contribution in [-0.4, -0.2) is 17.9 Å². The van der Waals surface area contributed by atoms with Gasteiger partial charge in [0, 0.05) is 24.9 Å². The summed E-state index contributed by atoms with van der Waals surface area (Å²) in [5.74, 6) is 0.457. The van der Waals surface area contributed by atoms with Crippen molar-refractivity contribution in [2.75, 3.05) is 6.54 Å². The number of piperidine rings is 1. The number of ketones is 1. The lowest BCUT2D eigenvalue weighted by atomic mass is 9.71. The van der Waals surface area contributed by atoms with E-state index >= 15 is 0 Å². The van der Waals surface area contributed by atoms with Gasteiger partial charge in [-0.1, -0.05) is 0 Å². The minimum absolute atomic E-state index is 0. The third kappa shape index (κ3) is 1.57. The van der Waals surface area contributed by atoms with Crippen LogP contribution < -0.4 is 5.32 Å². The van der Waals surface area contributed by atoms with Crippen LogP contribution in [0.3, 0.4) is 0 Å². The number of nitrogens with one attached hydrogen (secondary N) is 1. The zero-order valence-electron chi connectivity index (χ0n) is 6.56. The summed E-state index contributed by atoms with van der Waals surface area (Å²) in [6, 6.07) is 0. The van der Waals surface area contributed by atoms with Gasteiger partial charge in [-0.05, 0) is 19.3 Å². The fourth-order valence-electron chi connectivity index (χ4n) is 1.95. The summed E-state index contributed by atoms with van der Waals surface area (Å²) in [7, 11) is 0. The van der Waals surface area contributed by atoms with E-state index in [1.165, 1.54) is 19.3 Å². The van der Waals surface area contributed by atoms with Crippen LogP contribution in [0.2, 0.25) is 0 Å². The molecule has 1 aliphatic heterocycles. The molecule has 2 fully saturated rings. The van der Waals surface area contributed by atoms with Crippen molar-refractivity contribution in [3.8, 4) is 0 Å². The molecule has 2 rings (SSSR count). The van der Waals surface area contributed by atoms with E-state index in [0.29, 0.717) is 5.78 Å². The average Bonchev–Trinajstić information content (AvgIpc) is 1.85. The Morgan fingerprint density at radius 3 is 2.45 bits per heavy atom. The normalized spacial score (nSPS) is 27.5. The van der Waals surface area contributed by atoms with Gasteiger partial charge in [-0.25, -0.2) is 0 Å². The standard InChI is InChI=1S/C8H13NO.ClH/c10-7-2-5-9-8(6-7)3-1-4-8;/h9H,1-6H2;1H. The molecule has 1 spiro atoms. The molecule has 1 heterocycles. The molecule has 1 saturated heterocycles. The fraction of sp³-hybridized carbons (Fsp3) is 0.875. The minimum atomic E-state index is 0. The van der Waals surface area contributed by atoms with Crippen molar-refractivity contribution >= 4 is 18.2 Å². The van der Waals surface area contributed by atoms with Crippen molar-refractivity contribution in [3.05, 3.63) is 0 Å². The lowest BCUT2D eigenvalue weighted by molar-refractivity contribution is -0.123. The number of rotatable bonds is 0. The topological polar surface area (TPSA) is 29.1 Å². The molecule has 0 bridgehead atoms.